The predicted molar refractivity (Wildman–Crippen MR) is 79.5 cm³/mol. The second-order valence-corrected chi connectivity index (χ2v) is 5.15. The third-order valence-corrected chi connectivity index (χ3v) is 3.20. The van der Waals surface area contributed by atoms with E-state index in [4.69, 9.17) is 9.47 Å². The molecule has 0 radical (unpaired) electrons. The molecule has 22 heavy (non-hydrogen) atoms. The van der Waals surface area contributed by atoms with Crippen molar-refractivity contribution in [1.82, 2.24) is 5.32 Å². The number of allylic oxidation sites excluding steroid dienone is 3. The quantitative estimate of drug-likeness (QED) is 0.458. The molecule has 118 valence electrons. The van der Waals surface area contributed by atoms with Crippen molar-refractivity contribution in [1.29, 1.82) is 0 Å². The lowest BCUT2D eigenvalue weighted by Gasteiger charge is -2.06. The Balaban J connectivity index is 1.81. The van der Waals surface area contributed by atoms with Gasteiger partial charge in [0.1, 0.15) is 18.1 Å². The number of aliphatic hydroxyl groups is 1. The largest absolute Gasteiger partial charge is 0.506 e. The lowest BCUT2D eigenvalue weighted by molar-refractivity contribution is -0.144. The van der Waals surface area contributed by atoms with Gasteiger partial charge in [0, 0.05) is 5.57 Å². The summed E-state index contributed by atoms with van der Waals surface area (Å²) in [5.74, 6) is -0.494. The topological polar surface area (TPSA) is 94.8 Å². The van der Waals surface area contributed by atoms with E-state index in [1.54, 1.807) is 12.2 Å². The molecule has 1 saturated heterocycles. The summed E-state index contributed by atoms with van der Waals surface area (Å²) in [4.78, 5) is 22.9. The van der Waals surface area contributed by atoms with Crippen molar-refractivity contribution in [3.05, 3.63) is 47.6 Å². The van der Waals surface area contributed by atoms with Gasteiger partial charge in [-0.15, -0.1) is 0 Å². The smallest absolute Gasteiger partial charge is 0.333 e. The minimum atomic E-state index is -0.530. The maximum atomic E-state index is 11.7. The summed E-state index contributed by atoms with van der Waals surface area (Å²) in [6.07, 6.45) is 6.35. The zero-order valence-corrected chi connectivity index (χ0v) is 12.4. The molecule has 1 unspecified atom stereocenters. The van der Waals surface area contributed by atoms with E-state index < -0.39 is 11.9 Å². The lowest BCUT2D eigenvalue weighted by Crippen LogP contribution is -2.12. The molecule has 0 saturated carbocycles. The fraction of sp³-hybridized carbons (Fsp3) is 0.375. The molecule has 6 nitrogen and oxygen atoms in total. The standard InChI is InChI=1S/C16H19NO5/c1-10(2)16(20)21-9-8-14(19)22-11-4-3-5-12-15(17-12)13(18)7-6-11/h4,6-7,12,17-18H,1,3,5,8-9H2,2H3/b7-6?,11-4+,15-13?. The number of hydrogen-bond acceptors (Lipinski definition) is 6. The second-order valence-electron chi connectivity index (χ2n) is 5.15. The summed E-state index contributed by atoms with van der Waals surface area (Å²) in [6.45, 7) is 4.93. The van der Waals surface area contributed by atoms with E-state index in [2.05, 4.69) is 11.9 Å². The molecule has 0 aromatic heterocycles. The minimum Gasteiger partial charge on any atom is -0.506 e. The fourth-order valence-electron chi connectivity index (χ4n) is 1.93. The van der Waals surface area contributed by atoms with Crippen molar-refractivity contribution in [3.8, 4) is 0 Å². The summed E-state index contributed by atoms with van der Waals surface area (Å²) in [5.41, 5.74) is 1.11. The molecule has 1 aliphatic heterocycles. The van der Waals surface area contributed by atoms with Crippen molar-refractivity contribution in [2.24, 2.45) is 0 Å². The molecule has 6 heteroatoms. The minimum absolute atomic E-state index is 0.0402. The molecule has 1 aliphatic carbocycles. The van der Waals surface area contributed by atoms with Gasteiger partial charge in [0.05, 0.1) is 18.2 Å². The first kappa shape index (κ1) is 15.9. The average molecular weight is 305 g/mol. The highest BCUT2D eigenvalue weighted by molar-refractivity contribution is 5.87. The van der Waals surface area contributed by atoms with Crippen LogP contribution in [0.4, 0.5) is 0 Å². The first-order chi connectivity index (χ1) is 10.5. The molecule has 1 fully saturated rings. The molecular formula is C16H19NO5. The molecule has 1 heterocycles. The van der Waals surface area contributed by atoms with E-state index >= 15 is 0 Å². The molecule has 0 amide bonds. The Hall–Kier alpha value is -2.50. The Kier molecular flexibility index (Phi) is 5.04. The molecule has 0 bridgehead atoms. The van der Waals surface area contributed by atoms with Crippen LogP contribution in [-0.2, 0) is 19.1 Å². The van der Waals surface area contributed by atoms with Gasteiger partial charge in [-0.3, -0.25) is 4.79 Å². The molecule has 0 spiro atoms. The van der Waals surface area contributed by atoms with E-state index in [0.717, 1.165) is 18.5 Å². The Morgan fingerprint density at radius 3 is 2.95 bits per heavy atom. The zero-order chi connectivity index (χ0) is 16.1. The third kappa shape index (κ3) is 4.51. The van der Waals surface area contributed by atoms with Crippen LogP contribution in [0.3, 0.4) is 0 Å². The number of ether oxygens (including phenoxy) is 2. The van der Waals surface area contributed by atoms with Gasteiger partial charge in [0.2, 0.25) is 0 Å². The number of carbonyl (C=O) groups is 2. The maximum Gasteiger partial charge on any atom is 0.333 e. The molecule has 2 N–H and O–H groups in total. The van der Waals surface area contributed by atoms with Gasteiger partial charge in [0.15, 0.2) is 0 Å². The van der Waals surface area contributed by atoms with Gasteiger partial charge in [0.25, 0.3) is 0 Å². The van der Waals surface area contributed by atoms with Crippen molar-refractivity contribution >= 4 is 11.9 Å². The maximum absolute atomic E-state index is 11.7. The van der Waals surface area contributed by atoms with E-state index in [-0.39, 0.29) is 30.4 Å². The van der Waals surface area contributed by atoms with E-state index in [1.165, 1.54) is 13.0 Å². The molecule has 2 aliphatic rings. The van der Waals surface area contributed by atoms with Crippen LogP contribution in [0, 0.1) is 0 Å². The third-order valence-electron chi connectivity index (χ3n) is 3.20. The Bertz CT molecular complexity index is 585. The van der Waals surface area contributed by atoms with Crippen LogP contribution in [-0.4, -0.2) is 29.7 Å². The average Bonchev–Trinajstić information content (AvgIpc) is 3.22. The van der Waals surface area contributed by atoms with Crippen LogP contribution in [0.25, 0.3) is 0 Å². The summed E-state index contributed by atoms with van der Waals surface area (Å²) in [5, 5.41) is 12.8. The summed E-state index contributed by atoms with van der Waals surface area (Å²) < 4.78 is 10.0. The van der Waals surface area contributed by atoms with Gasteiger partial charge in [-0.25, -0.2) is 4.79 Å². The van der Waals surface area contributed by atoms with Gasteiger partial charge in [-0.1, -0.05) is 6.58 Å². The lowest BCUT2D eigenvalue weighted by atomic mass is 10.2. The van der Waals surface area contributed by atoms with Crippen LogP contribution in [0.2, 0.25) is 0 Å². The fourth-order valence-corrected chi connectivity index (χ4v) is 1.93. The molecule has 1 atom stereocenters. The highest BCUT2D eigenvalue weighted by Gasteiger charge is 2.31. The zero-order valence-electron chi connectivity index (χ0n) is 12.4. The van der Waals surface area contributed by atoms with Crippen LogP contribution in [0.5, 0.6) is 0 Å². The highest BCUT2D eigenvalue weighted by atomic mass is 16.6. The number of hydrogen-bond donors (Lipinski definition) is 2. The summed E-state index contributed by atoms with van der Waals surface area (Å²) in [7, 11) is 0. The van der Waals surface area contributed by atoms with Gasteiger partial charge in [-0.2, -0.15) is 0 Å². The summed E-state index contributed by atoms with van der Waals surface area (Å²) >= 11 is 0. The normalized spacial score (nSPS) is 22.0. The van der Waals surface area contributed by atoms with Crippen LogP contribution < -0.4 is 5.32 Å². The number of carbonyl (C=O) groups excluding carboxylic acids is 2. The second kappa shape index (κ2) is 6.98. The SMILES string of the molecule is C=C(C)C(=O)OCCC(=O)O/C1=C/CCC2NC2=C(O)C=C1. The molecule has 0 aromatic rings. The number of aliphatic hydroxyl groups excluding tert-OH is 1. The first-order valence-corrected chi connectivity index (χ1v) is 7.08. The Morgan fingerprint density at radius 1 is 1.45 bits per heavy atom. The first-order valence-electron chi connectivity index (χ1n) is 7.08. The van der Waals surface area contributed by atoms with Crippen LogP contribution in [0.1, 0.15) is 26.2 Å². The Morgan fingerprint density at radius 2 is 2.23 bits per heavy atom. The number of nitrogens with one attached hydrogen (secondary N) is 1. The van der Waals surface area contributed by atoms with Gasteiger partial charge in [-0.05, 0) is 38.0 Å². The number of esters is 2. The van der Waals surface area contributed by atoms with E-state index in [0.29, 0.717) is 5.76 Å². The number of rotatable bonds is 5. The molecule has 2 rings (SSSR count). The van der Waals surface area contributed by atoms with Crippen molar-refractivity contribution < 1.29 is 24.2 Å². The van der Waals surface area contributed by atoms with Gasteiger partial charge >= 0.3 is 11.9 Å². The Labute approximate surface area is 128 Å². The van der Waals surface area contributed by atoms with E-state index in [9.17, 15) is 14.7 Å². The van der Waals surface area contributed by atoms with Crippen molar-refractivity contribution in [3.63, 3.8) is 0 Å². The van der Waals surface area contributed by atoms with Crippen LogP contribution in [0.15, 0.2) is 47.6 Å². The van der Waals surface area contributed by atoms with Crippen LogP contribution >= 0.6 is 0 Å². The van der Waals surface area contributed by atoms with Gasteiger partial charge < -0.3 is 19.9 Å². The number of fused-ring (bicyclic) bond motifs is 1. The van der Waals surface area contributed by atoms with Crippen molar-refractivity contribution in [2.45, 2.75) is 32.2 Å². The van der Waals surface area contributed by atoms with E-state index in [1.807, 2.05) is 0 Å². The summed E-state index contributed by atoms with van der Waals surface area (Å²) in [6, 6.07) is 0.206. The predicted octanol–water partition coefficient (Wildman–Crippen LogP) is 2.01. The molecule has 0 aromatic carbocycles. The highest BCUT2D eigenvalue weighted by Crippen LogP contribution is 2.26. The molecular weight excluding hydrogens is 286 g/mol. The van der Waals surface area contributed by atoms with Crippen molar-refractivity contribution in [2.75, 3.05) is 6.61 Å². The monoisotopic (exact) mass is 305 g/mol.